The Kier molecular flexibility index (Phi) is 6.81. The molecule has 11 heteroatoms. The lowest BCUT2D eigenvalue weighted by Crippen LogP contribution is -2.51. The molecule has 1 aromatic heterocycles. The van der Waals surface area contributed by atoms with E-state index in [0.29, 0.717) is 42.9 Å². The topological polar surface area (TPSA) is 131 Å². The summed E-state index contributed by atoms with van der Waals surface area (Å²) in [7, 11) is 0. The number of nitrogens with zero attached hydrogens (tertiary/aromatic N) is 5. The number of nitrogens with one attached hydrogen (secondary N) is 1. The van der Waals surface area contributed by atoms with Gasteiger partial charge in [0.1, 0.15) is 6.54 Å². The number of non-ortho nitro benzene ring substituents is 1. The van der Waals surface area contributed by atoms with Crippen LogP contribution in [0.1, 0.15) is 20.7 Å². The van der Waals surface area contributed by atoms with Gasteiger partial charge < -0.3 is 15.1 Å². The van der Waals surface area contributed by atoms with Gasteiger partial charge in [-0.15, -0.1) is 0 Å². The third kappa shape index (κ3) is 5.36. The molecule has 5 rings (SSSR count). The summed E-state index contributed by atoms with van der Waals surface area (Å²) in [5.74, 6) is -0.603. The van der Waals surface area contributed by atoms with Gasteiger partial charge in [0, 0.05) is 66.7 Å². The number of piperazine rings is 1. The van der Waals surface area contributed by atoms with Crippen molar-refractivity contribution in [3.05, 3.63) is 100 Å². The highest BCUT2D eigenvalue weighted by Gasteiger charge is 2.25. The van der Waals surface area contributed by atoms with Crippen molar-refractivity contribution >= 4 is 40.0 Å². The normalized spacial score (nSPS) is 13.4. The number of nitro groups is 1. The van der Waals surface area contributed by atoms with Gasteiger partial charge in [-0.3, -0.25) is 29.2 Å². The second kappa shape index (κ2) is 10.5. The fourth-order valence-electron chi connectivity index (χ4n) is 4.36. The van der Waals surface area contributed by atoms with Gasteiger partial charge >= 0.3 is 0 Å². The maximum atomic E-state index is 12.9. The number of benzene rings is 3. The zero-order chi connectivity index (χ0) is 26.6. The molecule has 3 aromatic carbocycles. The molecule has 192 valence electrons. The summed E-state index contributed by atoms with van der Waals surface area (Å²) in [4.78, 5) is 52.0. The molecule has 0 bridgehead atoms. The van der Waals surface area contributed by atoms with E-state index in [1.54, 1.807) is 51.0 Å². The number of aromatic nitrogens is 2. The van der Waals surface area contributed by atoms with Crippen LogP contribution in [0.3, 0.4) is 0 Å². The van der Waals surface area contributed by atoms with Gasteiger partial charge in [0.05, 0.1) is 10.4 Å². The van der Waals surface area contributed by atoms with Gasteiger partial charge in [-0.25, -0.2) is 0 Å². The Labute approximate surface area is 217 Å². The van der Waals surface area contributed by atoms with Crippen molar-refractivity contribution in [3.8, 4) is 0 Å². The Morgan fingerprint density at radius 1 is 0.868 bits per heavy atom. The summed E-state index contributed by atoms with van der Waals surface area (Å²) in [6.07, 6.45) is 1.73. The van der Waals surface area contributed by atoms with E-state index in [-0.39, 0.29) is 29.6 Å². The van der Waals surface area contributed by atoms with Crippen LogP contribution in [-0.4, -0.2) is 68.4 Å². The van der Waals surface area contributed by atoms with Gasteiger partial charge in [-0.2, -0.15) is 5.10 Å². The maximum absolute atomic E-state index is 12.9. The van der Waals surface area contributed by atoms with Gasteiger partial charge in [0.15, 0.2) is 0 Å². The van der Waals surface area contributed by atoms with Gasteiger partial charge in [-0.05, 0) is 36.4 Å². The molecule has 3 amide bonds. The Morgan fingerprint density at radius 2 is 1.58 bits per heavy atom. The molecule has 4 aromatic rings. The molecule has 11 nitrogen and oxygen atoms in total. The monoisotopic (exact) mass is 512 g/mol. The molecule has 0 radical (unpaired) electrons. The van der Waals surface area contributed by atoms with Crippen LogP contribution >= 0.6 is 0 Å². The molecule has 0 aliphatic carbocycles. The number of nitro benzene ring substituents is 1. The van der Waals surface area contributed by atoms with Crippen LogP contribution in [0.4, 0.5) is 11.4 Å². The summed E-state index contributed by atoms with van der Waals surface area (Å²) in [5.41, 5.74) is 1.80. The minimum Gasteiger partial charge on any atom is -0.338 e. The third-order valence-electron chi connectivity index (χ3n) is 6.37. The molecule has 0 unspecified atom stereocenters. The van der Waals surface area contributed by atoms with Crippen molar-refractivity contribution in [2.75, 3.05) is 31.5 Å². The molecule has 1 aliphatic rings. The highest BCUT2D eigenvalue weighted by molar-refractivity contribution is 6.05. The van der Waals surface area contributed by atoms with Crippen molar-refractivity contribution in [3.63, 3.8) is 0 Å². The predicted molar refractivity (Wildman–Crippen MR) is 140 cm³/mol. The van der Waals surface area contributed by atoms with Crippen LogP contribution in [-0.2, 0) is 11.3 Å². The molecular formula is C27H24N6O5. The molecule has 0 saturated carbocycles. The quantitative estimate of drug-likeness (QED) is 0.312. The smallest absolute Gasteiger partial charge is 0.270 e. The number of fused-ring (bicyclic) bond motifs is 1. The highest BCUT2D eigenvalue weighted by Crippen LogP contribution is 2.20. The predicted octanol–water partition coefficient (Wildman–Crippen LogP) is 3.18. The molecule has 1 saturated heterocycles. The lowest BCUT2D eigenvalue weighted by Gasteiger charge is -2.34. The van der Waals surface area contributed by atoms with Crippen LogP contribution in [0, 0.1) is 10.1 Å². The zero-order valence-electron chi connectivity index (χ0n) is 20.3. The minimum atomic E-state index is -0.553. The fraction of sp³-hybridized carbons (Fsp3) is 0.185. The maximum Gasteiger partial charge on any atom is 0.270 e. The number of amides is 3. The lowest BCUT2D eigenvalue weighted by atomic mass is 10.1. The van der Waals surface area contributed by atoms with Gasteiger partial charge in [0.2, 0.25) is 5.91 Å². The van der Waals surface area contributed by atoms with E-state index in [0.717, 1.165) is 5.39 Å². The number of carbonyl (C=O) groups excluding carboxylic acids is 3. The van der Waals surface area contributed by atoms with E-state index in [1.807, 2.05) is 18.2 Å². The summed E-state index contributed by atoms with van der Waals surface area (Å²) in [6, 6.07) is 19.7. The summed E-state index contributed by atoms with van der Waals surface area (Å²) < 4.78 is 1.56. The van der Waals surface area contributed by atoms with Crippen LogP contribution in [0.15, 0.2) is 79.0 Å². The molecule has 1 N–H and O–H groups in total. The van der Waals surface area contributed by atoms with Crippen molar-refractivity contribution in [2.45, 2.75) is 6.54 Å². The highest BCUT2D eigenvalue weighted by atomic mass is 16.6. The number of hydrogen-bond donors (Lipinski definition) is 1. The van der Waals surface area contributed by atoms with Crippen LogP contribution in [0.5, 0.6) is 0 Å². The molecule has 1 fully saturated rings. The van der Waals surface area contributed by atoms with Crippen molar-refractivity contribution in [1.82, 2.24) is 19.6 Å². The first kappa shape index (κ1) is 24.6. The number of rotatable bonds is 6. The van der Waals surface area contributed by atoms with E-state index in [9.17, 15) is 24.5 Å². The minimum absolute atomic E-state index is 0.0376. The Morgan fingerprint density at radius 3 is 2.32 bits per heavy atom. The van der Waals surface area contributed by atoms with E-state index >= 15 is 0 Å². The standard InChI is InChI=1S/C27H24N6O5/c34-25(30-11-13-31(14-12-30)27(36)19-5-2-1-3-6-19)18-32-17-21-15-22(9-10-24(21)29-32)28-26(35)20-7-4-8-23(16-20)33(37)38/h1-10,15-17H,11-14,18H2,(H,28,35). The van der Waals surface area contributed by atoms with E-state index in [4.69, 9.17) is 0 Å². The van der Waals surface area contributed by atoms with Gasteiger partial charge in [0.25, 0.3) is 17.5 Å². The molecular weight excluding hydrogens is 488 g/mol. The van der Waals surface area contributed by atoms with Crippen molar-refractivity contribution < 1.29 is 19.3 Å². The van der Waals surface area contributed by atoms with Crippen LogP contribution in [0.25, 0.3) is 10.9 Å². The lowest BCUT2D eigenvalue weighted by molar-refractivity contribution is -0.384. The van der Waals surface area contributed by atoms with Gasteiger partial charge in [-0.1, -0.05) is 24.3 Å². The van der Waals surface area contributed by atoms with E-state index < -0.39 is 10.8 Å². The van der Waals surface area contributed by atoms with Crippen LogP contribution in [0.2, 0.25) is 0 Å². The summed E-state index contributed by atoms with van der Waals surface area (Å²) >= 11 is 0. The number of carbonyl (C=O) groups is 3. The second-order valence-electron chi connectivity index (χ2n) is 8.90. The molecule has 2 heterocycles. The summed E-state index contributed by atoms with van der Waals surface area (Å²) in [6.45, 7) is 1.89. The molecule has 38 heavy (non-hydrogen) atoms. The third-order valence-corrected chi connectivity index (χ3v) is 6.37. The molecule has 0 spiro atoms. The fourth-order valence-corrected chi connectivity index (χ4v) is 4.36. The number of anilines is 1. The average molecular weight is 513 g/mol. The molecule has 0 atom stereocenters. The zero-order valence-corrected chi connectivity index (χ0v) is 20.3. The SMILES string of the molecule is O=C(Nc1ccc2nn(CC(=O)N3CCN(C(=O)c4ccccc4)CC3)cc2c1)c1cccc([N+](=O)[O-])c1. The van der Waals surface area contributed by atoms with E-state index in [1.165, 1.54) is 24.3 Å². The van der Waals surface area contributed by atoms with E-state index in [2.05, 4.69) is 10.4 Å². The van der Waals surface area contributed by atoms with Crippen molar-refractivity contribution in [1.29, 1.82) is 0 Å². The van der Waals surface area contributed by atoms with Crippen LogP contribution < -0.4 is 5.32 Å². The average Bonchev–Trinajstić information content (AvgIpc) is 3.34. The first-order chi connectivity index (χ1) is 18.4. The summed E-state index contributed by atoms with van der Waals surface area (Å²) in [5, 5.41) is 18.9. The van der Waals surface area contributed by atoms with Crippen molar-refractivity contribution in [2.24, 2.45) is 0 Å². The Bertz CT molecular complexity index is 1530. The largest absolute Gasteiger partial charge is 0.338 e. The Hall–Kier alpha value is -5.06. The number of hydrogen-bond acceptors (Lipinski definition) is 6. The first-order valence-electron chi connectivity index (χ1n) is 12.0. The first-order valence-corrected chi connectivity index (χ1v) is 12.0. The Balaban J connectivity index is 1.19. The second-order valence-corrected chi connectivity index (χ2v) is 8.90. The molecule has 1 aliphatic heterocycles.